The maximum atomic E-state index is 13.3. The first-order valence-corrected chi connectivity index (χ1v) is 10.2. The Labute approximate surface area is 166 Å². The zero-order chi connectivity index (χ0) is 20.9. The number of aliphatic hydroxyl groups excluding tert-OH is 1. The molecule has 3 aliphatic heterocycles. The minimum absolute atomic E-state index is 0.0443. The lowest BCUT2D eigenvalue weighted by Gasteiger charge is -2.35. The van der Waals surface area contributed by atoms with E-state index in [9.17, 15) is 19.5 Å². The highest BCUT2D eigenvalue weighted by Crippen LogP contribution is 2.63. The molecule has 3 heterocycles. The molecule has 3 rings (SSSR count). The summed E-state index contributed by atoms with van der Waals surface area (Å²) in [7, 11) is 0. The first-order chi connectivity index (χ1) is 13.0. The van der Waals surface area contributed by atoms with Crippen LogP contribution in [-0.2, 0) is 19.1 Å². The largest absolute Gasteiger partial charge is 0.395 e. The van der Waals surface area contributed by atoms with Gasteiger partial charge in [-0.15, -0.1) is 0 Å². The highest BCUT2D eigenvalue weighted by molar-refractivity contribution is 5.99. The molecule has 2 unspecified atom stereocenters. The molecule has 3 saturated heterocycles. The topological polar surface area (TPSA) is 108 Å². The van der Waals surface area contributed by atoms with Crippen LogP contribution in [0, 0.1) is 11.8 Å². The Bertz CT molecular complexity index is 675. The third-order valence-electron chi connectivity index (χ3n) is 6.20. The number of ether oxygens (including phenoxy) is 1. The molecule has 3 amide bonds. The average Bonchev–Trinajstić information content (AvgIpc) is 3.13. The molecule has 2 bridgehead atoms. The number of β-amino-alcohol motifs (C(OH)–C–C–N with tert-alkyl or cyclic N) is 1. The van der Waals surface area contributed by atoms with Crippen molar-refractivity contribution in [2.75, 3.05) is 19.7 Å². The third-order valence-corrected chi connectivity index (χ3v) is 6.20. The van der Waals surface area contributed by atoms with Crippen LogP contribution in [0.1, 0.15) is 53.9 Å². The predicted octanol–water partition coefficient (Wildman–Crippen LogP) is 0.184. The summed E-state index contributed by atoms with van der Waals surface area (Å²) in [4.78, 5) is 40.9. The average molecular weight is 396 g/mol. The van der Waals surface area contributed by atoms with Crippen LogP contribution in [0.4, 0.5) is 0 Å². The molecule has 3 N–H and O–H groups in total. The Hall–Kier alpha value is -1.67. The molecule has 5 atom stereocenters. The lowest BCUT2D eigenvalue weighted by Crippen LogP contribution is -2.58. The summed E-state index contributed by atoms with van der Waals surface area (Å²) in [6.45, 7) is 9.80. The van der Waals surface area contributed by atoms with Gasteiger partial charge in [-0.25, -0.2) is 0 Å². The van der Waals surface area contributed by atoms with Crippen molar-refractivity contribution in [1.82, 2.24) is 15.5 Å². The number of nitrogens with one attached hydrogen (secondary N) is 2. The van der Waals surface area contributed by atoms with Crippen molar-refractivity contribution in [1.29, 1.82) is 0 Å². The van der Waals surface area contributed by atoms with E-state index in [2.05, 4.69) is 10.6 Å². The van der Waals surface area contributed by atoms with Crippen LogP contribution < -0.4 is 10.6 Å². The van der Waals surface area contributed by atoms with E-state index in [1.165, 1.54) is 4.90 Å². The molecule has 158 valence electrons. The molecule has 0 aromatic carbocycles. The fraction of sp³-hybridized carbons (Fsp3) is 0.850. The van der Waals surface area contributed by atoms with Gasteiger partial charge in [0.25, 0.3) is 0 Å². The molecule has 3 aliphatic rings. The third kappa shape index (κ3) is 3.10. The molecule has 0 radical (unpaired) electrons. The molecule has 8 nitrogen and oxygen atoms in total. The number of carbonyl (C=O) groups excluding carboxylic acids is 3. The Morgan fingerprint density at radius 2 is 1.96 bits per heavy atom. The molecule has 1 spiro atoms. The predicted molar refractivity (Wildman–Crippen MR) is 102 cm³/mol. The van der Waals surface area contributed by atoms with Gasteiger partial charge in [0.15, 0.2) is 0 Å². The van der Waals surface area contributed by atoms with Gasteiger partial charge in [0.05, 0.1) is 24.0 Å². The first kappa shape index (κ1) is 21.0. The number of amides is 3. The molecule has 3 fully saturated rings. The minimum atomic E-state index is -1.02. The second-order valence-corrected chi connectivity index (χ2v) is 9.51. The monoisotopic (exact) mass is 395 g/mol. The van der Waals surface area contributed by atoms with Gasteiger partial charge in [0, 0.05) is 18.6 Å². The van der Waals surface area contributed by atoms with E-state index in [-0.39, 0.29) is 30.9 Å². The summed E-state index contributed by atoms with van der Waals surface area (Å²) in [6, 6.07) is -0.845. The van der Waals surface area contributed by atoms with E-state index >= 15 is 0 Å². The maximum Gasteiger partial charge on any atom is 0.246 e. The molecular weight excluding hydrogens is 362 g/mol. The summed E-state index contributed by atoms with van der Waals surface area (Å²) in [5, 5.41) is 15.4. The SMILES string of the molecule is CCCNC(=O)[C@H]1[C@H]2C(=O)N(CCO)C(C(=O)NC(C)(C)C)C23CC[C@]1(C)O3. The van der Waals surface area contributed by atoms with Crippen LogP contribution in [-0.4, -0.2) is 70.2 Å². The summed E-state index contributed by atoms with van der Waals surface area (Å²) < 4.78 is 6.41. The van der Waals surface area contributed by atoms with Gasteiger partial charge in [-0.1, -0.05) is 6.92 Å². The molecule has 0 aliphatic carbocycles. The van der Waals surface area contributed by atoms with Crippen molar-refractivity contribution in [3.63, 3.8) is 0 Å². The minimum Gasteiger partial charge on any atom is -0.395 e. The van der Waals surface area contributed by atoms with Gasteiger partial charge in [-0.05, 0) is 47.0 Å². The number of rotatable bonds is 6. The standard InChI is InChI=1S/C20H33N3O5/c1-6-9-21-15(25)12-13-17(27)23(10-11-24)14(16(26)22-18(2,3)4)20(13)8-7-19(12,5)28-20/h12-14,24H,6-11H2,1-5H3,(H,21,25)(H,22,26)/t12-,13+,14?,19+,20?/m1/s1. The summed E-state index contributed by atoms with van der Waals surface area (Å²) in [6.07, 6.45) is 1.96. The summed E-state index contributed by atoms with van der Waals surface area (Å²) >= 11 is 0. The van der Waals surface area contributed by atoms with Gasteiger partial charge >= 0.3 is 0 Å². The smallest absolute Gasteiger partial charge is 0.246 e. The van der Waals surface area contributed by atoms with E-state index in [4.69, 9.17) is 4.74 Å². The normalized spacial score (nSPS) is 36.6. The fourth-order valence-electron chi connectivity index (χ4n) is 5.27. The van der Waals surface area contributed by atoms with Crippen molar-refractivity contribution >= 4 is 17.7 Å². The van der Waals surface area contributed by atoms with Crippen molar-refractivity contribution in [2.24, 2.45) is 11.8 Å². The Balaban J connectivity index is 2.00. The number of fused-ring (bicyclic) bond motifs is 1. The van der Waals surface area contributed by atoms with Gasteiger partial charge in [0.2, 0.25) is 17.7 Å². The van der Waals surface area contributed by atoms with Gasteiger partial charge in [-0.3, -0.25) is 14.4 Å². The Morgan fingerprint density at radius 1 is 1.29 bits per heavy atom. The Kier molecular flexibility index (Phi) is 5.25. The molecule has 0 saturated carbocycles. The van der Waals surface area contributed by atoms with E-state index in [0.717, 1.165) is 6.42 Å². The van der Waals surface area contributed by atoms with Gasteiger partial charge in [0.1, 0.15) is 11.6 Å². The molecule has 0 aromatic rings. The van der Waals surface area contributed by atoms with Crippen molar-refractivity contribution in [2.45, 2.75) is 76.7 Å². The van der Waals surface area contributed by atoms with E-state index < -0.39 is 34.6 Å². The molecule has 8 heteroatoms. The van der Waals surface area contributed by atoms with E-state index in [1.807, 2.05) is 34.6 Å². The van der Waals surface area contributed by atoms with Crippen molar-refractivity contribution in [3.8, 4) is 0 Å². The number of hydrogen-bond acceptors (Lipinski definition) is 5. The lowest BCUT2D eigenvalue weighted by atomic mass is 9.66. The molecule has 0 aromatic heterocycles. The van der Waals surface area contributed by atoms with Crippen LogP contribution in [0.3, 0.4) is 0 Å². The van der Waals surface area contributed by atoms with Crippen LogP contribution >= 0.6 is 0 Å². The van der Waals surface area contributed by atoms with Gasteiger partial charge in [-0.2, -0.15) is 0 Å². The summed E-state index contributed by atoms with van der Waals surface area (Å²) in [5.74, 6) is -2.09. The Morgan fingerprint density at radius 3 is 2.54 bits per heavy atom. The van der Waals surface area contributed by atoms with Crippen LogP contribution in [0.5, 0.6) is 0 Å². The van der Waals surface area contributed by atoms with E-state index in [0.29, 0.717) is 19.4 Å². The highest BCUT2D eigenvalue weighted by Gasteiger charge is 2.77. The highest BCUT2D eigenvalue weighted by atomic mass is 16.5. The zero-order valence-corrected chi connectivity index (χ0v) is 17.5. The zero-order valence-electron chi connectivity index (χ0n) is 17.5. The number of carbonyl (C=O) groups is 3. The van der Waals surface area contributed by atoms with Crippen LogP contribution in [0.2, 0.25) is 0 Å². The molecule has 28 heavy (non-hydrogen) atoms. The lowest BCUT2D eigenvalue weighted by molar-refractivity contribution is -0.147. The van der Waals surface area contributed by atoms with Gasteiger partial charge < -0.3 is 25.4 Å². The second kappa shape index (κ2) is 6.99. The molecular formula is C20H33N3O5. The number of nitrogens with zero attached hydrogens (tertiary/aromatic N) is 1. The van der Waals surface area contributed by atoms with Crippen LogP contribution in [0.15, 0.2) is 0 Å². The van der Waals surface area contributed by atoms with E-state index in [1.54, 1.807) is 0 Å². The fourth-order valence-corrected chi connectivity index (χ4v) is 5.27. The summed E-state index contributed by atoms with van der Waals surface area (Å²) in [5.41, 5.74) is -2.26. The number of likely N-dealkylation sites (tertiary alicyclic amines) is 1. The maximum absolute atomic E-state index is 13.3. The quantitative estimate of drug-likeness (QED) is 0.595. The number of hydrogen-bond donors (Lipinski definition) is 3. The van der Waals surface area contributed by atoms with Crippen molar-refractivity contribution in [3.05, 3.63) is 0 Å². The first-order valence-electron chi connectivity index (χ1n) is 10.2. The van der Waals surface area contributed by atoms with Crippen LogP contribution in [0.25, 0.3) is 0 Å². The second-order valence-electron chi connectivity index (χ2n) is 9.51. The van der Waals surface area contributed by atoms with Crippen molar-refractivity contribution < 1.29 is 24.2 Å². The number of aliphatic hydroxyl groups is 1.